The largest absolute Gasteiger partial charge is 0.229 e. The average molecular weight is 346 g/mol. The molecule has 4 rings (SSSR count). The Labute approximate surface area is 138 Å². The molecule has 2 aromatic heterocycles. The van der Waals surface area contributed by atoms with E-state index >= 15 is 0 Å². The maximum Gasteiger partial charge on any atom is 0.221 e. The number of halogens is 1. The second-order valence-corrected chi connectivity index (χ2v) is 7.08. The molecule has 22 heavy (non-hydrogen) atoms. The topological polar surface area (TPSA) is 56.5 Å². The van der Waals surface area contributed by atoms with Gasteiger partial charge in [0.1, 0.15) is 0 Å². The van der Waals surface area contributed by atoms with Crippen LogP contribution in [0.4, 0.5) is 0 Å². The third kappa shape index (κ3) is 2.58. The van der Waals surface area contributed by atoms with Crippen molar-refractivity contribution in [3.8, 4) is 5.69 Å². The minimum atomic E-state index is 0.668. The second-order valence-electron chi connectivity index (χ2n) is 4.40. The molecule has 0 amide bonds. The number of rotatable bonds is 3. The Kier molecular flexibility index (Phi) is 3.53. The summed E-state index contributed by atoms with van der Waals surface area (Å²) in [5.41, 5.74) is 1.85. The molecule has 0 spiro atoms. The fraction of sp³-hybridized carbons (Fsp3) is 0. The van der Waals surface area contributed by atoms with Crippen molar-refractivity contribution >= 4 is 44.9 Å². The third-order valence-electron chi connectivity index (χ3n) is 2.96. The molecule has 0 N–H and O–H groups in total. The average Bonchev–Trinajstić information content (AvgIpc) is 3.14. The molecular weight excluding hydrogens is 338 g/mol. The Bertz CT molecular complexity index is 899. The van der Waals surface area contributed by atoms with Gasteiger partial charge in [-0.1, -0.05) is 23.7 Å². The maximum absolute atomic E-state index is 5.91. The quantitative estimate of drug-likeness (QED) is 0.560. The molecule has 0 unspecified atom stereocenters. The Balaban J connectivity index is 1.69. The van der Waals surface area contributed by atoms with Gasteiger partial charge in [-0.15, -0.1) is 16.4 Å². The summed E-state index contributed by atoms with van der Waals surface area (Å²) < 4.78 is 3.73. The van der Waals surface area contributed by atoms with Gasteiger partial charge in [-0.25, -0.2) is 4.98 Å². The number of tetrazole rings is 1. The highest BCUT2D eigenvalue weighted by atomic mass is 35.5. The molecule has 0 bridgehead atoms. The molecule has 0 saturated heterocycles. The molecule has 5 nitrogen and oxygen atoms in total. The van der Waals surface area contributed by atoms with E-state index in [1.54, 1.807) is 16.0 Å². The van der Waals surface area contributed by atoms with Crippen LogP contribution >= 0.6 is 34.7 Å². The molecule has 2 heterocycles. The number of aromatic nitrogens is 5. The minimum Gasteiger partial charge on any atom is -0.229 e. The first-order valence-electron chi connectivity index (χ1n) is 6.37. The summed E-state index contributed by atoms with van der Waals surface area (Å²) in [7, 11) is 0. The van der Waals surface area contributed by atoms with Crippen LogP contribution in [-0.4, -0.2) is 25.2 Å². The summed E-state index contributed by atoms with van der Waals surface area (Å²) >= 11 is 8.98. The lowest BCUT2D eigenvalue weighted by molar-refractivity contribution is 0.756. The van der Waals surface area contributed by atoms with Gasteiger partial charge in [0.05, 0.1) is 15.9 Å². The summed E-state index contributed by atoms with van der Waals surface area (Å²) in [4.78, 5) is 4.59. The first-order valence-corrected chi connectivity index (χ1v) is 8.38. The van der Waals surface area contributed by atoms with Crippen molar-refractivity contribution in [3.63, 3.8) is 0 Å². The monoisotopic (exact) mass is 345 g/mol. The van der Waals surface area contributed by atoms with Gasteiger partial charge in [0, 0.05) is 5.02 Å². The molecular formula is C14H8ClN5S2. The van der Waals surface area contributed by atoms with Crippen molar-refractivity contribution < 1.29 is 0 Å². The van der Waals surface area contributed by atoms with Gasteiger partial charge in [0.25, 0.3) is 0 Å². The number of hydrogen-bond acceptors (Lipinski definition) is 6. The van der Waals surface area contributed by atoms with Gasteiger partial charge < -0.3 is 0 Å². The number of thiazole rings is 1. The molecule has 0 aliphatic rings. The van der Waals surface area contributed by atoms with Gasteiger partial charge >= 0.3 is 0 Å². The van der Waals surface area contributed by atoms with Crippen LogP contribution in [0.3, 0.4) is 0 Å². The van der Waals surface area contributed by atoms with Crippen molar-refractivity contribution in [2.24, 2.45) is 0 Å². The molecule has 0 fully saturated rings. The van der Waals surface area contributed by atoms with E-state index in [0.717, 1.165) is 20.2 Å². The summed E-state index contributed by atoms with van der Waals surface area (Å²) in [5, 5.41) is 13.2. The van der Waals surface area contributed by atoms with E-state index in [9.17, 15) is 0 Å². The predicted molar refractivity (Wildman–Crippen MR) is 87.9 cm³/mol. The minimum absolute atomic E-state index is 0.668. The highest BCUT2D eigenvalue weighted by Crippen LogP contribution is 2.33. The Hall–Kier alpha value is -1.96. The first kappa shape index (κ1) is 13.7. The number of hydrogen-bond donors (Lipinski definition) is 0. The zero-order valence-corrected chi connectivity index (χ0v) is 13.4. The molecule has 0 aliphatic heterocycles. The van der Waals surface area contributed by atoms with Crippen LogP contribution in [0, 0.1) is 0 Å². The first-order chi connectivity index (χ1) is 10.8. The van der Waals surface area contributed by atoms with Crippen LogP contribution in [-0.2, 0) is 0 Å². The van der Waals surface area contributed by atoms with E-state index in [2.05, 4.69) is 26.6 Å². The number of para-hydroxylation sites is 1. The van der Waals surface area contributed by atoms with Crippen molar-refractivity contribution in [2.45, 2.75) is 9.50 Å². The summed E-state index contributed by atoms with van der Waals surface area (Å²) in [6, 6.07) is 15.4. The summed E-state index contributed by atoms with van der Waals surface area (Å²) in [5.74, 6) is 0. The van der Waals surface area contributed by atoms with Gasteiger partial charge in [-0.05, 0) is 58.6 Å². The van der Waals surface area contributed by atoms with Gasteiger partial charge in [0.2, 0.25) is 5.16 Å². The van der Waals surface area contributed by atoms with Crippen molar-refractivity contribution in [1.29, 1.82) is 0 Å². The van der Waals surface area contributed by atoms with Crippen LogP contribution in [0.1, 0.15) is 0 Å². The van der Waals surface area contributed by atoms with E-state index in [-0.39, 0.29) is 0 Å². The number of nitrogens with zero attached hydrogens (tertiary/aromatic N) is 5. The SMILES string of the molecule is Clc1ccc(-n2nnnc2Sc2nc3ccccc3s2)cc1. The predicted octanol–water partition coefficient (Wildman–Crippen LogP) is 4.08. The van der Waals surface area contributed by atoms with E-state index in [1.807, 2.05) is 42.5 Å². The zero-order chi connectivity index (χ0) is 14.9. The second kappa shape index (κ2) is 5.68. The van der Waals surface area contributed by atoms with E-state index in [4.69, 9.17) is 11.6 Å². The van der Waals surface area contributed by atoms with E-state index in [1.165, 1.54) is 11.8 Å². The van der Waals surface area contributed by atoms with Crippen molar-refractivity contribution in [2.75, 3.05) is 0 Å². The Morgan fingerprint density at radius 2 is 1.86 bits per heavy atom. The van der Waals surface area contributed by atoms with Gasteiger partial charge in [-0.2, -0.15) is 4.68 Å². The summed E-state index contributed by atoms with van der Waals surface area (Å²) in [6.07, 6.45) is 0. The highest BCUT2D eigenvalue weighted by Gasteiger charge is 2.13. The summed E-state index contributed by atoms with van der Waals surface area (Å²) in [6.45, 7) is 0. The van der Waals surface area contributed by atoms with E-state index in [0.29, 0.717) is 10.2 Å². The molecule has 2 aromatic carbocycles. The molecule has 108 valence electrons. The number of benzene rings is 2. The Morgan fingerprint density at radius 3 is 2.68 bits per heavy atom. The normalized spacial score (nSPS) is 11.1. The third-order valence-corrected chi connectivity index (χ3v) is 5.25. The molecule has 0 aliphatic carbocycles. The van der Waals surface area contributed by atoms with Crippen molar-refractivity contribution in [1.82, 2.24) is 25.2 Å². The van der Waals surface area contributed by atoms with E-state index < -0.39 is 0 Å². The Morgan fingerprint density at radius 1 is 1.05 bits per heavy atom. The maximum atomic E-state index is 5.91. The van der Waals surface area contributed by atoms with Crippen LogP contribution in [0.5, 0.6) is 0 Å². The zero-order valence-electron chi connectivity index (χ0n) is 11.0. The lowest BCUT2D eigenvalue weighted by Gasteiger charge is -2.02. The molecule has 0 saturated carbocycles. The van der Waals surface area contributed by atoms with Gasteiger partial charge in [-0.3, -0.25) is 0 Å². The standard InChI is InChI=1S/C14H8ClN5S2/c15-9-5-7-10(8-6-9)20-13(17-18-19-20)22-14-16-11-3-1-2-4-12(11)21-14/h1-8H. The number of fused-ring (bicyclic) bond motifs is 1. The fourth-order valence-corrected chi connectivity index (χ4v) is 4.05. The molecule has 8 heteroatoms. The van der Waals surface area contributed by atoms with Crippen LogP contribution in [0.25, 0.3) is 15.9 Å². The lowest BCUT2D eigenvalue weighted by atomic mass is 10.3. The lowest BCUT2D eigenvalue weighted by Crippen LogP contribution is -1.98. The highest BCUT2D eigenvalue weighted by molar-refractivity contribution is 8.01. The smallest absolute Gasteiger partial charge is 0.221 e. The van der Waals surface area contributed by atoms with Crippen LogP contribution in [0.15, 0.2) is 58.0 Å². The fourth-order valence-electron chi connectivity index (χ4n) is 1.96. The van der Waals surface area contributed by atoms with Gasteiger partial charge in [0.15, 0.2) is 4.34 Å². The van der Waals surface area contributed by atoms with Crippen molar-refractivity contribution in [3.05, 3.63) is 53.6 Å². The molecule has 0 radical (unpaired) electrons. The molecule has 4 aromatic rings. The molecule has 0 atom stereocenters. The van der Waals surface area contributed by atoms with Crippen LogP contribution < -0.4 is 0 Å². The van der Waals surface area contributed by atoms with Crippen LogP contribution in [0.2, 0.25) is 5.02 Å².